The maximum Gasteiger partial charge on any atom is 0.0886 e. The van der Waals surface area contributed by atoms with Crippen LogP contribution in [0.3, 0.4) is 0 Å². The van der Waals surface area contributed by atoms with Crippen molar-refractivity contribution in [2.45, 2.75) is 0 Å². The molecule has 72 valence electrons. The topological polar surface area (TPSA) is 12.0 Å². The fraction of sp³-hybridized carbons (Fsp3) is 0.0909. The van der Waals surface area contributed by atoms with Crippen LogP contribution in [0.5, 0.6) is 0 Å². The van der Waals surface area contributed by atoms with Gasteiger partial charge in [0.1, 0.15) is 0 Å². The number of benzene rings is 1. The predicted octanol–water partition coefficient (Wildman–Crippen LogP) is 4.11. The second-order valence-electron chi connectivity index (χ2n) is 2.96. The third kappa shape index (κ3) is 1.91. The van der Waals surface area contributed by atoms with Gasteiger partial charge < -0.3 is 5.32 Å². The number of rotatable bonds is 2. The van der Waals surface area contributed by atoms with Gasteiger partial charge in [-0.3, -0.25) is 0 Å². The average molecular weight is 224 g/mol. The first kappa shape index (κ1) is 9.56. The maximum atomic E-state index is 5.82. The highest BCUT2D eigenvalue weighted by atomic mass is 35.5. The SMILES string of the molecule is CNc1cc(-c2ccc(Cl)cc2)cs1. The predicted molar refractivity (Wildman–Crippen MR) is 64.3 cm³/mol. The van der Waals surface area contributed by atoms with Gasteiger partial charge in [0.2, 0.25) is 0 Å². The zero-order valence-electron chi connectivity index (χ0n) is 7.75. The first-order valence-electron chi connectivity index (χ1n) is 4.32. The number of hydrogen-bond donors (Lipinski definition) is 1. The van der Waals surface area contributed by atoms with Crippen molar-refractivity contribution < 1.29 is 0 Å². The molecule has 0 bridgehead atoms. The Kier molecular flexibility index (Phi) is 2.75. The van der Waals surface area contributed by atoms with E-state index in [0.29, 0.717) is 0 Å². The van der Waals surface area contributed by atoms with Gasteiger partial charge in [0.15, 0.2) is 0 Å². The van der Waals surface area contributed by atoms with Gasteiger partial charge in [-0.1, -0.05) is 23.7 Å². The normalized spacial score (nSPS) is 10.1. The molecule has 0 saturated heterocycles. The highest BCUT2D eigenvalue weighted by Gasteiger charge is 2.00. The Morgan fingerprint density at radius 1 is 1.14 bits per heavy atom. The molecule has 1 N–H and O–H groups in total. The van der Waals surface area contributed by atoms with Gasteiger partial charge in [0, 0.05) is 17.5 Å². The smallest absolute Gasteiger partial charge is 0.0886 e. The summed E-state index contributed by atoms with van der Waals surface area (Å²) in [5.74, 6) is 0. The molecule has 1 nitrogen and oxygen atoms in total. The van der Waals surface area contributed by atoms with Crippen LogP contribution in [-0.4, -0.2) is 7.05 Å². The summed E-state index contributed by atoms with van der Waals surface area (Å²) < 4.78 is 0. The van der Waals surface area contributed by atoms with Crippen LogP contribution in [-0.2, 0) is 0 Å². The molecule has 1 aromatic heterocycles. The Hall–Kier alpha value is -0.990. The number of hydrogen-bond acceptors (Lipinski definition) is 2. The Bertz CT molecular complexity index is 419. The first-order chi connectivity index (χ1) is 6.79. The number of anilines is 1. The highest BCUT2D eigenvalue weighted by molar-refractivity contribution is 7.14. The van der Waals surface area contributed by atoms with Crippen LogP contribution >= 0.6 is 22.9 Å². The van der Waals surface area contributed by atoms with Crippen molar-refractivity contribution in [2.24, 2.45) is 0 Å². The van der Waals surface area contributed by atoms with Crippen molar-refractivity contribution in [1.29, 1.82) is 0 Å². The van der Waals surface area contributed by atoms with Crippen molar-refractivity contribution in [3.8, 4) is 11.1 Å². The van der Waals surface area contributed by atoms with Crippen LogP contribution in [0, 0.1) is 0 Å². The average Bonchev–Trinajstić information content (AvgIpc) is 2.67. The van der Waals surface area contributed by atoms with Gasteiger partial charge in [-0.2, -0.15) is 0 Å². The zero-order chi connectivity index (χ0) is 9.97. The largest absolute Gasteiger partial charge is 0.380 e. The minimum absolute atomic E-state index is 0.776. The number of nitrogens with one attached hydrogen (secondary N) is 1. The van der Waals surface area contributed by atoms with Crippen LogP contribution in [0.2, 0.25) is 5.02 Å². The van der Waals surface area contributed by atoms with Crippen molar-refractivity contribution in [3.05, 3.63) is 40.7 Å². The molecule has 1 heterocycles. The third-order valence-electron chi connectivity index (χ3n) is 2.02. The van der Waals surface area contributed by atoms with Gasteiger partial charge >= 0.3 is 0 Å². The molecule has 1 aromatic carbocycles. The molecule has 0 atom stereocenters. The van der Waals surface area contributed by atoms with Crippen LogP contribution in [0.15, 0.2) is 35.7 Å². The number of halogens is 1. The summed E-state index contributed by atoms with van der Waals surface area (Å²) in [6.07, 6.45) is 0. The van der Waals surface area contributed by atoms with E-state index in [1.807, 2.05) is 31.3 Å². The second kappa shape index (κ2) is 4.03. The van der Waals surface area contributed by atoms with E-state index in [4.69, 9.17) is 11.6 Å². The van der Waals surface area contributed by atoms with Crippen molar-refractivity contribution in [1.82, 2.24) is 0 Å². The zero-order valence-corrected chi connectivity index (χ0v) is 9.32. The van der Waals surface area contributed by atoms with E-state index in [9.17, 15) is 0 Å². The molecular formula is C11H10ClNS. The fourth-order valence-corrected chi connectivity index (χ4v) is 2.16. The molecule has 0 radical (unpaired) electrons. The van der Waals surface area contributed by atoms with Gasteiger partial charge in [0.05, 0.1) is 5.00 Å². The van der Waals surface area contributed by atoms with E-state index < -0.39 is 0 Å². The minimum atomic E-state index is 0.776. The van der Waals surface area contributed by atoms with Crippen molar-refractivity contribution >= 4 is 27.9 Å². The molecule has 0 aliphatic rings. The van der Waals surface area contributed by atoms with Gasteiger partial charge in [-0.15, -0.1) is 11.3 Å². The monoisotopic (exact) mass is 223 g/mol. The van der Waals surface area contributed by atoms with E-state index >= 15 is 0 Å². The molecule has 3 heteroatoms. The van der Waals surface area contributed by atoms with E-state index in [1.165, 1.54) is 16.1 Å². The summed E-state index contributed by atoms with van der Waals surface area (Å²) in [5.41, 5.74) is 2.43. The van der Waals surface area contributed by atoms with Gasteiger partial charge in [0.25, 0.3) is 0 Å². The van der Waals surface area contributed by atoms with Gasteiger partial charge in [-0.25, -0.2) is 0 Å². The quantitative estimate of drug-likeness (QED) is 0.808. The van der Waals surface area contributed by atoms with Crippen molar-refractivity contribution in [2.75, 3.05) is 12.4 Å². The van der Waals surface area contributed by atoms with Crippen molar-refractivity contribution in [3.63, 3.8) is 0 Å². The standard InChI is InChI=1S/C11H10ClNS/c1-13-11-6-9(7-14-11)8-2-4-10(12)5-3-8/h2-7,13H,1H3. The molecular weight excluding hydrogens is 214 g/mol. The van der Waals surface area contributed by atoms with E-state index in [-0.39, 0.29) is 0 Å². The summed E-state index contributed by atoms with van der Waals surface area (Å²) in [6.45, 7) is 0. The Balaban J connectivity index is 2.34. The Morgan fingerprint density at radius 2 is 1.86 bits per heavy atom. The van der Waals surface area contributed by atoms with E-state index in [1.54, 1.807) is 11.3 Å². The van der Waals surface area contributed by atoms with Gasteiger partial charge in [-0.05, 0) is 29.3 Å². The molecule has 0 saturated carbocycles. The molecule has 0 aliphatic carbocycles. The summed E-state index contributed by atoms with van der Waals surface area (Å²) >= 11 is 7.53. The highest BCUT2D eigenvalue weighted by Crippen LogP contribution is 2.29. The summed E-state index contributed by atoms with van der Waals surface area (Å²) in [6, 6.07) is 10.0. The maximum absolute atomic E-state index is 5.82. The van der Waals surface area contributed by atoms with Crippen LogP contribution < -0.4 is 5.32 Å². The lowest BCUT2D eigenvalue weighted by Gasteiger charge is -1.96. The Labute approximate surface area is 92.3 Å². The third-order valence-corrected chi connectivity index (χ3v) is 3.22. The molecule has 0 fully saturated rings. The molecule has 0 amide bonds. The molecule has 0 spiro atoms. The summed E-state index contributed by atoms with van der Waals surface area (Å²) in [5, 5.41) is 7.21. The molecule has 0 unspecified atom stereocenters. The van der Waals surface area contributed by atoms with E-state index in [2.05, 4.69) is 16.8 Å². The van der Waals surface area contributed by atoms with E-state index in [0.717, 1.165) is 5.02 Å². The minimum Gasteiger partial charge on any atom is -0.380 e. The molecule has 14 heavy (non-hydrogen) atoms. The lowest BCUT2D eigenvalue weighted by molar-refractivity contribution is 1.59. The summed E-state index contributed by atoms with van der Waals surface area (Å²) in [7, 11) is 1.93. The first-order valence-corrected chi connectivity index (χ1v) is 5.57. The lowest BCUT2D eigenvalue weighted by atomic mass is 10.1. The lowest BCUT2D eigenvalue weighted by Crippen LogP contribution is -1.80. The van der Waals surface area contributed by atoms with Crippen LogP contribution in [0.25, 0.3) is 11.1 Å². The fourth-order valence-electron chi connectivity index (χ4n) is 1.26. The number of thiophene rings is 1. The molecule has 2 aromatic rings. The second-order valence-corrected chi connectivity index (χ2v) is 4.30. The molecule has 2 rings (SSSR count). The van der Waals surface area contributed by atoms with Crippen LogP contribution in [0.4, 0.5) is 5.00 Å². The summed E-state index contributed by atoms with van der Waals surface area (Å²) in [4.78, 5) is 0. The molecule has 0 aliphatic heterocycles. The van der Waals surface area contributed by atoms with Crippen LogP contribution in [0.1, 0.15) is 0 Å². The Morgan fingerprint density at radius 3 is 2.43 bits per heavy atom.